The SMILES string of the molecule is O=C(Nc1cccc(S(=O)(=O)NC2=NCCC2)c1)c1cccnc1Sc1ccccc1. The molecule has 2 N–H and O–H groups in total. The fourth-order valence-corrected chi connectivity index (χ4v) is 5.06. The molecule has 2 heterocycles. The first-order chi connectivity index (χ1) is 15.0. The number of carbonyl (C=O) groups is 1. The molecule has 7 nitrogen and oxygen atoms in total. The molecule has 0 bridgehead atoms. The first-order valence-electron chi connectivity index (χ1n) is 9.67. The van der Waals surface area contributed by atoms with E-state index < -0.39 is 10.0 Å². The Balaban J connectivity index is 1.53. The van der Waals surface area contributed by atoms with Crippen LogP contribution in [0.3, 0.4) is 0 Å². The highest BCUT2D eigenvalue weighted by Gasteiger charge is 2.19. The Labute approximate surface area is 185 Å². The van der Waals surface area contributed by atoms with Gasteiger partial charge in [-0.15, -0.1) is 0 Å². The average Bonchev–Trinajstić information content (AvgIpc) is 3.27. The van der Waals surface area contributed by atoms with Gasteiger partial charge in [0.05, 0.1) is 10.5 Å². The lowest BCUT2D eigenvalue weighted by atomic mass is 10.2. The molecule has 0 aliphatic carbocycles. The highest BCUT2D eigenvalue weighted by Crippen LogP contribution is 2.29. The van der Waals surface area contributed by atoms with E-state index in [2.05, 4.69) is 20.0 Å². The van der Waals surface area contributed by atoms with Gasteiger partial charge < -0.3 is 5.32 Å². The minimum absolute atomic E-state index is 0.0602. The van der Waals surface area contributed by atoms with Crippen LogP contribution in [0.2, 0.25) is 0 Å². The van der Waals surface area contributed by atoms with Crippen LogP contribution >= 0.6 is 11.8 Å². The van der Waals surface area contributed by atoms with Crippen LogP contribution in [0.4, 0.5) is 5.69 Å². The summed E-state index contributed by atoms with van der Waals surface area (Å²) >= 11 is 1.39. The van der Waals surface area contributed by atoms with Gasteiger partial charge in [0.25, 0.3) is 15.9 Å². The number of hydrogen-bond donors (Lipinski definition) is 2. The van der Waals surface area contributed by atoms with Crippen molar-refractivity contribution in [2.75, 3.05) is 11.9 Å². The Hall–Kier alpha value is -3.17. The van der Waals surface area contributed by atoms with E-state index in [-0.39, 0.29) is 10.8 Å². The molecule has 1 aromatic heterocycles. The Morgan fingerprint density at radius 3 is 2.61 bits per heavy atom. The first kappa shape index (κ1) is 21.1. The van der Waals surface area contributed by atoms with Crippen molar-refractivity contribution in [2.45, 2.75) is 27.7 Å². The summed E-state index contributed by atoms with van der Waals surface area (Å²) in [6.07, 6.45) is 3.08. The highest BCUT2D eigenvalue weighted by atomic mass is 32.2. The number of amidine groups is 1. The van der Waals surface area contributed by atoms with Gasteiger partial charge in [-0.2, -0.15) is 0 Å². The zero-order valence-corrected chi connectivity index (χ0v) is 18.1. The fourth-order valence-electron chi connectivity index (χ4n) is 3.02. The van der Waals surface area contributed by atoms with Crippen LogP contribution in [0.15, 0.2) is 92.7 Å². The van der Waals surface area contributed by atoms with Crippen LogP contribution in [-0.2, 0) is 10.0 Å². The van der Waals surface area contributed by atoms with E-state index in [0.29, 0.717) is 35.1 Å². The van der Waals surface area contributed by atoms with Gasteiger partial charge in [0, 0.05) is 29.7 Å². The van der Waals surface area contributed by atoms with Crippen molar-refractivity contribution in [3.63, 3.8) is 0 Å². The number of hydrogen-bond acceptors (Lipinski definition) is 6. The third-order valence-corrected chi connectivity index (χ3v) is 6.91. The van der Waals surface area contributed by atoms with E-state index in [4.69, 9.17) is 0 Å². The number of amides is 1. The van der Waals surface area contributed by atoms with E-state index in [0.717, 1.165) is 11.3 Å². The molecule has 0 atom stereocenters. The molecule has 1 aliphatic rings. The van der Waals surface area contributed by atoms with Gasteiger partial charge in [-0.05, 0) is 48.9 Å². The molecule has 4 rings (SSSR count). The van der Waals surface area contributed by atoms with Gasteiger partial charge >= 0.3 is 0 Å². The van der Waals surface area contributed by atoms with Crippen molar-refractivity contribution in [3.8, 4) is 0 Å². The predicted molar refractivity (Wildman–Crippen MR) is 121 cm³/mol. The standard InChI is InChI=1S/C22H20N4O3S2/c27-21(19-11-5-14-24-22(19)30-17-8-2-1-3-9-17)25-16-7-4-10-18(15-16)31(28,29)26-20-12-6-13-23-20/h1-5,7-11,14-15H,6,12-13H2,(H,23,26)(H,25,27). The maximum atomic E-state index is 12.9. The molecule has 0 saturated carbocycles. The molecule has 1 amide bonds. The normalized spacial score (nSPS) is 13.5. The van der Waals surface area contributed by atoms with E-state index >= 15 is 0 Å². The maximum Gasteiger partial charge on any atom is 0.262 e. The van der Waals surface area contributed by atoms with Crippen molar-refractivity contribution in [3.05, 3.63) is 78.5 Å². The summed E-state index contributed by atoms with van der Waals surface area (Å²) in [5.74, 6) is 0.0987. The third kappa shape index (κ3) is 5.31. The zero-order chi connectivity index (χ0) is 21.7. The van der Waals surface area contributed by atoms with Crippen LogP contribution in [-0.4, -0.2) is 31.7 Å². The number of rotatable bonds is 6. The molecule has 0 saturated heterocycles. The minimum Gasteiger partial charge on any atom is -0.322 e. The summed E-state index contributed by atoms with van der Waals surface area (Å²) in [5.41, 5.74) is 0.781. The van der Waals surface area contributed by atoms with Crippen molar-refractivity contribution in [1.29, 1.82) is 0 Å². The fraction of sp³-hybridized carbons (Fsp3) is 0.136. The topological polar surface area (TPSA) is 101 Å². The summed E-state index contributed by atoms with van der Waals surface area (Å²) in [6, 6.07) is 19.2. The summed E-state index contributed by atoms with van der Waals surface area (Å²) in [7, 11) is -3.76. The van der Waals surface area contributed by atoms with Gasteiger partial charge in [0.1, 0.15) is 10.9 Å². The van der Waals surface area contributed by atoms with Gasteiger partial charge in [-0.1, -0.05) is 36.0 Å². The Kier molecular flexibility index (Phi) is 6.34. The number of carbonyl (C=O) groups excluding carboxylic acids is 1. The van der Waals surface area contributed by atoms with Gasteiger partial charge in [-0.3, -0.25) is 14.5 Å². The molecule has 3 aromatic rings. The second-order valence-electron chi connectivity index (χ2n) is 6.79. The summed E-state index contributed by atoms with van der Waals surface area (Å²) in [5, 5.41) is 3.34. The molecular weight excluding hydrogens is 432 g/mol. The number of nitrogens with one attached hydrogen (secondary N) is 2. The van der Waals surface area contributed by atoms with Gasteiger partial charge in [-0.25, -0.2) is 13.4 Å². The van der Waals surface area contributed by atoms with Crippen molar-refractivity contribution in [1.82, 2.24) is 9.71 Å². The average molecular weight is 453 g/mol. The van der Waals surface area contributed by atoms with E-state index in [1.54, 1.807) is 30.5 Å². The van der Waals surface area contributed by atoms with Gasteiger partial charge in [0.15, 0.2) is 0 Å². The number of pyridine rings is 1. The molecule has 31 heavy (non-hydrogen) atoms. The van der Waals surface area contributed by atoms with Gasteiger partial charge in [0.2, 0.25) is 0 Å². The summed E-state index contributed by atoms with van der Waals surface area (Å²) in [4.78, 5) is 22.4. The van der Waals surface area contributed by atoms with Crippen LogP contribution in [0, 0.1) is 0 Å². The van der Waals surface area contributed by atoms with Crippen LogP contribution in [0.5, 0.6) is 0 Å². The molecule has 9 heteroatoms. The monoisotopic (exact) mass is 452 g/mol. The lowest BCUT2D eigenvalue weighted by Crippen LogP contribution is -2.29. The number of anilines is 1. The number of nitrogens with zero attached hydrogens (tertiary/aromatic N) is 2. The Bertz CT molecular complexity index is 1230. The lowest BCUT2D eigenvalue weighted by molar-refractivity contribution is 0.102. The van der Waals surface area contributed by atoms with Crippen LogP contribution in [0.1, 0.15) is 23.2 Å². The largest absolute Gasteiger partial charge is 0.322 e. The molecule has 2 aromatic carbocycles. The van der Waals surface area contributed by atoms with Crippen molar-refractivity contribution in [2.24, 2.45) is 4.99 Å². The summed E-state index contributed by atoms with van der Waals surface area (Å²) < 4.78 is 27.8. The second-order valence-corrected chi connectivity index (χ2v) is 9.54. The molecular formula is C22H20N4O3S2. The van der Waals surface area contributed by atoms with Crippen molar-refractivity contribution < 1.29 is 13.2 Å². The second kappa shape index (κ2) is 9.32. The van der Waals surface area contributed by atoms with E-state index in [1.807, 2.05) is 30.3 Å². The quantitative estimate of drug-likeness (QED) is 0.590. The van der Waals surface area contributed by atoms with E-state index in [1.165, 1.54) is 23.9 Å². The van der Waals surface area contributed by atoms with Crippen LogP contribution < -0.4 is 10.0 Å². The molecule has 158 valence electrons. The molecule has 1 aliphatic heterocycles. The molecule has 0 unspecified atom stereocenters. The lowest BCUT2D eigenvalue weighted by Gasteiger charge is -2.11. The number of benzene rings is 2. The van der Waals surface area contributed by atoms with Crippen LogP contribution in [0.25, 0.3) is 0 Å². The molecule has 0 spiro atoms. The third-order valence-electron chi connectivity index (χ3n) is 4.50. The maximum absolute atomic E-state index is 12.9. The zero-order valence-electron chi connectivity index (χ0n) is 16.5. The number of sulfonamides is 1. The predicted octanol–water partition coefficient (Wildman–Crippen LogP) is 3.96. The molecule has 0 radical (unpaired) electrons. The first-order valence-corrected chi connectivity index (χ1v) is 12.0. The highest BCUT2D eigenvalue weighted by molar-refractivity contribution is 7.99. The number of aliphatic imine (C=N–C) groups is 1. The van der Waals surface area contributed by atoms with E-state index in [9.17, 15) is 13.2 Å². The minimum atomic E-state index is -3.76. The molecule has 0 fully saturated rings. The number of aromatic nitrogens is 1. The summed E-state index contributed by atoms with van der Waals surface area (Å²) in [6.45, 7) is 0.627. The van der Waals surface area contributed by atoms with Crippen molar-refractivity contribution >= 4 is 39.2 Å². The Morgan fingerprint density at radius 2 is 1.84 bits per heavy atom. The Morgan fingerprint density at radius 1 is 1.00 bits per heavy atom. The smallest absolute Gasteiger partial charge is 0.262 e.